The maximum atomic E-state index is 5.75. The second kappa shape index (κ2) is 8.36. The predicted molar refractivity (Wildman–Crippen MR) is 94.9 cm³/mol. The van der Waals surface area contributed by atoms with Gasteiger partial charge in [0.15, 0.2) is 5.11 Å². The van der Waals surface area contributed by atoms with Crippen LogP contribution in [0.5, 0.6) is 11.5 Å². The zero-order valence-corrected chi connectivity index (χ0v) is 13.7. The summed E-state index contributed by atoms with van der Waals surface area (Å²) in [5.41, 5.74) is 0.940. The van der Waals surface area contributed by atoms with Crippen LogP contribution in [0.25, 0.3) is 0 Å². The highest BCUT2D eigenvalue weighted by molar-refractivity contribution is 7.80. The smallest absolute Gasteiger partial charge is 0.170 e. The van der Waals surface area contributed by atoms with E-state index >= 15 is 0 Å². The first-order valence-electron chi connectivity index (χ1n) is 7.30. The zero-order chi connectivity index (χ0) is 15.8. The van der Waals surface area contributed by atoms with Crippen molar-refractivity contribution in [2.75, 3.05) is 32.5 Å². The number of rotatable bonds is 6. The Kier molecular flexibility index (Phi) is 6.18. The van der Waals surface area contributed by atoms with Gasteiger partial charge < -0.3 is 20.3 Å². The van der Waals surface area contributed by atoms with Gasteiger partial charge in [-0.1, -0.05) is 18.2 Å². The average Bonchev–Trinajstić information content (AvgIpc) is 2.50. The molecule has 2 aromatic carbocycles. The molecule has 0 unspecified atom stereocenters. The minimum absolute atomic E-state index is 0.637. The fourth-order valence-corrected chi connectivity index (χ4v) is 2.05. The van der Waals surface area contributed by atoms with Crippen LogP contribution in [-0.2, 0) is 0 Å². The van der Waals surface area contributed by atoms with E-state index in [9.17, 15) is 0 Å². The number of quaternary nitrogens is 1. The van der Waals surface area contributed by atoms with Gasteiger partial charge in [0.25, 0.3) is 0 Å². The Labute approximate surface area is 137 Å². The summed E-state index contributed by atoms with van der Waals surface area (Å²) in [6, 6.07) is 17.5. The summed E-state index contributed by atoms with van der Waals surface area (Å²) in [6.45, 7) is 1.87. The molecular weight excluding hydrogens is 294 g/mol. The molecule has 0 aliphatic rings. The molecule has 3 N–H and O–H groups in total. The van der Waals surface area contributed by atoms with Gasteiger partial charge in [0.2, 0.25) is 0 Å². The third-order valence-corrected chi connectivity index (χ3v) is 3.25. The minimum atomic E-state index is 0.637. The summed E-state index contributed by atoms with van der Waals surface area (Å²) in [4.78, 5) is 1.39. The lowest BCUT2D eigenvalue weighted by Gasteiger charge is -2.12. The standard InChI is InChI=1S/C17H21N3OS/c1-20(2)13-12-18-17(22)19-14-8-10-16(11-9-14)21-15-6-4-3-5-7-15/h3-11H,12-13H2,1-2H3,(H2,18,19,22)/p+1. The highest BCUT2D eigenvalue weighted by Gasteiger charge is 2.00. The third kappa shape index (κ3) is 5.71. The van der Waals surface area contributed by atoms with E-state index in [1.807, 2.05) is 54.6 Å². The minimum Gasteiger partial charge on any atom is -0.457 e. The molecule has 116 valence electrons. The Hall–Kier alpha value is -2.11. The number of nitrogens with one attached hydrogen (secondary N) is 3. The Morgan fingerprint density at radius 1 is 1.00 bits per heavy atom. The van der Waals surface area contributed by atoms with Gasteiger partial charge in [0.1, 0.15) is 11.5 Å². The van der Waals surface area contributed by atoms with Gasteiger partial charge >= 0.3 is 0 Å². The molecule has 5 heteroatoms. The number of para-hydroxylation sites is 1. The highest BCUT2D eigenvalue weighted by atomic mass is 32.1. The van der Waals surface area contributed by atoms with Crippen molar-refractivity contribution in [3.05, 3.63) is 54.6 Å². The van der Waals surface area contributed by atoms with Crippen LogP contribution >= 0.6 is 12.2 Å². The van der Waals surface area contributed by atoms with Gasteiger partial charge in [-0.15, -0.1) is 0 Å². The Morgan fingerprint density at radius 3 is 2.27 bits per heavy atom. The highest BCUT2D eigenvalue weighted by Crippen LogP contribution is 2.22. The lowest BCUT2D eigenvalue weighted by Crippen LogP contribution is -3.06. The molecule has 0 atom stereocenters. The van der Waals surface area contributed by atoms with Crippen LogP contribution in [0.1, 0.15) is 0 Å². The number of thiocarbonyl (C=S) groups is 1. The van der Waals surface area contributed by atoms with Crippen LogP contribution in [0, 0.1) is 0 Å². The topological polar surface area (TPSA) is 37.7 Å². The van der Waals surface area contributed by atoms with E-state index < -0.39 is 0 Å². The maximum Gasteiger partial charge on any atom is 0.170 e. The second-order valence-corrected chi connectivity index (χ2v) is 5.69. The summed E-state index contributed by atoms with van der Waals surface area (Å²) >= 11 is 5.26. The largest absolute Gasteiger partial charge is 0.457 e. The van der Waals surface area contributed by atoms with E-state index in [-0.39, 0.29) is 0 Å². The summed E-state index contributed by atoms with van der Waals surface area (Å²) < 4.78 is 5.75. The number of likely N-dealkylation sites (N-methyl/N-ethyl adjacent to an activating group) is 1. The summed E-state index contributed by atoms with van der Waals surface area (Å²) in [5.74, 6) is 1.62. The van der Waals surface area contributed by atoms with Crippen LogP contribution in [-0.4, -0.2) is 32.3 Å². The first kappa shape index (κ1) is 16.3. The van der Waals surface area contributed by atoms with Gasteiger partial charge in [-0.2, -0.15) is 0 Å². The van der Waals surface area contributed by atoms with Gasteiger partial charge in [0, 0.05) is 5.69 Å². The SMILES string of the molecule is C[NH+](C)CCNC(=S)Nc1ccc(Oc2ccccc2)cc1. The number of ether oxygens (including phenoxy) is 1. The van der Waals surface area contributed by atoms with Crippen LogP contribution in [0.15, 0.2) is 54.6 Å². The molecule has 4 nitrogen and oxygen atoms in total. The lowest BCUT2D eigenvalue weighted by molar-refractivity contribution is -0.856. The van der Waals surface area contributed by atoms with Gasteiger partial charge in [-0.25, -0.2) is 0 Å². The van der Waals surface area contributed by atoms with E-state index in [2.05, 4.69) is 24.7 Å². The quantitative estimate of drug-likeness (QED) is 0.712. The van der Waals surface area contributed by atoms with Crippen molar-refractivity contribution in [1.29, 1.82) is 0 Å². The van der Waals surface area contributed by atoms with Crippen LogP contribution in [0.3, 0.4) is 0 Å². The molecular formula is C17H22N3OS+. The molecule has 0 fully saturated rings. The summed E-state index contributed by atoms with van der Waals surface area (Å²) in [6.07, 6.45) is 0. The molecule has 0 radical (unpaired) electrons. The molecule has 2 rings (SSSR count). The van der Waals surface area contributed by atoms with E-state index in [4.69, 9.17) is 17.0 Å². The van der Waals surface area contributed by atoms with Crippen molar-refractivity contribution >= 4 is 23.0 Å². The Morgan fingerprint density at radius 2 is 1.64 bits per heavy atom. The van der Waals surface area contributed by atoms with E-state index in [1.54, 1.807) is 0 Å². The zero-order valence-electron chi connectivity index (χ0n) is 12.9. The van der Waals surface area contributed by atoms with Crippen molar-refractivity contribution in [2.45, 2.75) is 0 Å². The van der Waals surface area contributed by atoms with Crippen molar-refractivity contribution in [1.82, 2.24) is 5.32 Å². The van der Waals surface area contributed by atoms with Gasteiger partial charge in [-0.05, 0) is 48.6 Å². The Bertz CT molecular complexity index is 585. The van der Waals surface area contributed by atoms with Crippen molar-refractivity contribution in [2.24, 2.45) is 0 Å². The molecule has 2 aromatic rings. The molecule has 0 aliphatic carbocycles. The predicted octanol–water partition coefficient (Wildman–Crippen LogP) is 1.91. The van der Waals surface area contributed by atoms with Crippen molar-refractivity contribution < 1.29 is 9.64 Å². The van der Waals surface area contributed by atoms with E-state index in [1.165, 1.54) is 4.90 Å². The second-order valence-electron chi connectivity index (χ2n) is 5.28. The molecule has 0 saturated carbocycles. The number of hydrogen-bond donors (Lipinski definition) is 3. The summed E-state index contributed by atoms with van der Waals surface area (Å²) in [5, 5.41) is 6.98. The van der Waals surface area contributed by atoms with E-state index in [0.717, 1.165) is 30.3 Å². The molecule has 0 heterocycles. The van der Waals surface area contributed by atoms with Crippen molar-refractivity contribution in [3.63, 3.8) is 0 Å². The molecule has 0 aliphatic heterocycles. The lowest BCUT2D eigenvalue weighted by atomic mass is 10.3. The molecule has 22 heavy (non-hydrogen) atoms. The maximum absolute atomic E-state index is 5.75. The number of benzene rings is 2. The molecule has 0 spiro atoms. The fraction of sp³-hybridized carbons (Fsp3) is 0.235. The van der Waals surface area contributed by atoms with Crippen LogP contribution < -0.4 is 20.3 Å². The monoisotopic (exact) mass is 316 g/mol. The molecule has 0 aromatic heterocycles. The van der Waals surface area contributed by atoms with Gasteiger partial charge in [-0.3, -0.25) is 0 Å². The molecule has 0 saturated heterocycles. The first-order valence-corrected chi connectivity index (χ1v) is 7.71. The van der Waals surface area contributed by atoms with Gasteiger partial charge in [0.05, 0.1) is 27.2 Å². The third-order valence-electron chi connectivity index (χ3n) is 3.00. The Balaban J connectivity index is 1.82. The average molecular weight is 316 g/mol. The molecule has 0 bridgehead atoms. The molecule has 0 amide bonds. The van der Waals surface area contributed by atoms with Crippen LogP contribution in [0.4, 0.5) is 5.69 Å². The summed E-state index contributed by atoms with van der Waals surface area (Å²) in [7, 11) is 4.23. The van der Waals surface area contributed by atoms with Crippen molar-refractivity contribution in [3.8, 4) is 11.5 Å². The first-order chi connectivity index (χ1) is 10.6. The normalized spacial score (nSPS) is 10.3. The fourth-order valence-electron chi connectivity index (χ4n) is 1.83. The number of hydrogen-bond acceptors (Lipinski definition) is 2. The number of anilines is 1. The van der Waals surface area contributed by atoms with Crippen LogP contribution in [0.2, 0.25) is 0 Å². The van der Waals surface area contributed by atoms with E-state index in [0.29, 0.717) is 5.11 Å².